The molecule has 0 aliphatic carbocycles. The van der Waals surface area contributed by atoms with Crippen LogP contribution in [-0.2, 0) is 9.53 Å². The van der Waals surface area contributed by atoms with Crippen molar-refractivity contribution in [3.63, 3.8) is 0 Å². The number of thioether (sulfide) groups is 1. The number of esters is 1. The molecule has 1 heterocycles. The molecule has 3 aromatic rings. The molecule has 0 amide bonds. The first-order valence-electron chi connectivity index (χ1n) is 9.00. The van der Waals surface area contributed by atoms with Gasteiger partial charge in [0.25, 0.3) is 0 Å². The zero-order valence-corrected chi connectivity index (χ0v) is 17.2. The van der Waals surface area contributed by atoms with Gasteiger partial charge in [0.05, 0.1) is 12.7 Å². The van der Waals surface area contributed by atoms with Gasteiger partial charge in [0, 0.05) is 5.56 Å². The van der Waals surface area contributed by atoms with E-state index in [1.807, 2.05) is 49.4 Å². The van der Waals surface area contributed by atoms with Crippen LogP contribution in [0.5, 0.6) is 0 Å². The van der Waals surface area contributed by atoms with Crippen LogP contribution in [0, 0.1) is 29.6 Å². The number of benzene rings is 2. The van der Waals surface area contributed by atoms with Crippen molar-refractivity contribution in [1.82, 2.24) is 4.98 Å². The van der Waals surface area contributed by atoms with E-state index in [-0.39, 0.29) is 22.0 Å². The number of hydrogen-bond donors (Lipinski definition) is 1. The van der Waals surface area contributed by atoms with Crippen molar-refractivity contribution in [2.75, 3.05) is 12.8 Å². The maximum Gasteiger partial charge on any atom is 0.323 e. The minimum atomic E-state index is -0.742. The molecule has 0 fully saturated rings. The van der Waals surface area contributed by atoms with E-state index < -0.39 is 11.2 Å². The Bertz CT molecular complexity index is 1160. The minimum absolute atomic E-state index is 0.00579. The van der Waals surface area contributed by atoms with E-state index >= 15 is 0 Å². The number of anilines is 1. The van der Waals surface area contributed by atoms with Crippen molar-refractivity contribution in [3.8, 4) is 23.3 Å². The normalized spacial score (nSPS) is 11.2. The van der Waals surface area contributed by atoms with Gasteiger partial charge in [0.1, 0.15) is 33.8 Å². The number of carbonyl (C=O) groups excluding carboxylic acids is 1. The summed E-state index contributed by atoms with van der Waals surface area (Å²) in [6, 6.07) is 20.7. The maximum absolute atomic E-state index is 12.5. The van der Waals surface area contributed by atoms with Crippen LogP contribution in [0.25, 0.3) is 11.1 Å². The third kappa shape index (κ3) is 4.12. The molecule has 7 heteroatoms. The fourth-order valence-corrected chi connectivity index (χ4v) is 4.12. The van der Waals surface area contributed by atoms with E-state index in [0.29, 0.717) is 16.7 Å². The van der Waals surface area contributed by atoms with Gasteiger partial charge in [-0.3, -0.25) is 4.79 Å². The molecule has 30 heavy (non-hydrogen) atoms. The lowest BCUT2D eigenvalue weighted by Crippen LogP contribution is -2.12. The van der Waals surface area contributed by atoms with E-state index in [1.54, 1.807) is 12.1 Å². The number of rotatable bonds is 5. The van der Waals surface area contributed by atoms with Crippen molar-refractivity contribution in [2.24, 2.45) is 0 Å². The minimum Gasteiger partial charge on any atom is -0.468 e. The van der Waals surface area contributed by atoms with Crippen molar-refractivity contribution < 1.29 is 9.53 Å². The molecule has 6 nitrogen and oxygen atoms in total. The number of aryl methyl sites for hydroxylation is 1. The van der Waals surface area contributed by atoms with Crippen molar-refractivity contribution >= 4 is 23.5 Å². The van der Waals surface area contributed by atoms with Crippen LogP contribution in [0.1, 0.15) is 27.5 Å². The molecule has 0 aliphatic heterocycles. The highest BCUT2D eigenvalue weighted by molar-refractivity contribution is 8.00. The van der Waals surface area contributed by atoms with Crippen LogP contribution >= 0.6 is 11.8 Å². The Hall–Kier alpha value is -3.81. The maximum atomic E-state index is 12.5. The number of pyridine rings is 1. The summed E-state index contributed by atoms with van der Waals surface area (Å²) in [7, 11) is 1.31. The lowest BCUT2D eigenvalue weighted by molar-refractivity contribution is -0.140. The van der Waals surface area contributed by atoms with Crippen molar-refractivity contribution in [3.05, 3.63) is 76.9 Å². The van der Waals surface area contributed by atoms with Crippen LogP contribution in [0.15, 0.2) is 59.6 Å². The molecule has 1 aromatic heterocycles. The average molecular weight is 414 g/mol. The molecule has 0 aliphatic rings. The van der Waals surface area contributed by atoms with Crippen LogP contribution in [0.4, 0.5) is 5.82 Å². The van der Waals surface area contributed by atoms with Crippen molar-refractivity contribution in [2.45, 2.75) is 17.2 Å². The first-order chi connectivity index (χ1) is 14.5. The fraction of sp³-hybridized carbons (Fsp3) is 0.130. The average Bonchev–Trinajstić information content (AvgIpc) is 2.77. The molecular weight excluding hydrogens is 396 g/mol. The van der Waals surface area contributed by atoms with Gasteiger partial charge in [0.2, 0.25) is 0 Å². The van der Waals surface area contributed by atoms with E-state index in [9.17, 15) is 15.3 Å². The number of nitriles is 2. The molecular formula is C23H18N4O2S. The zero-order chi connectivity index (χ0) is 21.7. The zero-order valence-electron chi connectivity index (χ0n) is 16.4. The number of carbonyl (C=O) groups is 1. The molecule has 1 unspecified atom stereocenters. The molecule has 1 atom stereocenters. The summed E-state index contributed by atoms with van der Waals surface area (Å²) in [5, 5.41) is 19.1. The van der Waals surface area contributed by atoms with Crippen LogP contribution in [0.3, 0.4) is 0 Å². The lowest BCUT2D eigenvalue weighted by Gasteiger charge is -2.17. The highest BCUT2D eigenvalue weighted by atomic mass is 32.2. The number of nitrogen functional groups attached to an aromatic ring is 1. The van der Waals surface area contributed by atoms with Gasteiger partial charge in [-0.1, -0.05) is 71.9 Å². The summed E-state index contributed by atoms with van der Waals surface area (Å²) in [6.07, 6.45) is 0. The number of ether oxygens (including phenoxy) is 1. The second-order valence-electron chi connectivity index (χ2n) is 6.45. The van der Waals surface area contributed by atoms with Crippen LogP contribution < -0.4 is 5.73 Å². The summed E-state index contributed by atoms with van der Waals surface area (Å²) >= 11 is 1.07. The number of methoxy groups -OCH3 is 1. The summed E-state index contributed by atoms with van der Waals surface area (Å²) in [4.78, 5) is 16.8. The molecule has 0 spiro atoms. The van der Waals surface area contributed by atoms with E-state index in [1.165, 1.54) is 7.11 Å². The Morgan fingerprint density at radius 3 is 2.27 bits per heavy atom. The number of nitrogens with zero attached hydrogens (tertiary/aromatic N) is 3. The predicted molar refractivity (Wildman–Crippen MR) is 115 cm³/mol. The monoisotopic (exact) mass is 414 g/mol. The molecule has 2 aromatic carbocycles. The van der Waals surface area contributed by atoms with Gasteiger partial charge in [-0.05, 0) is 18.1 Å². The van der Waals surface area contributed by atoms with Gasteiger partial charge in [0.15, 0.2) is 0 Å². The van der Waals surface area contributed by atoms with Gasteiger partial charge < -0.3 is 10.5 Å². The first kappa shape index (κ1) is 20.9. The largest absolute Gasteiger partial charge is 0.468 e. The van der Waals surface area contributed by atoms with Crippen molar-refractivity contribution in [1.29, 1.82) is 10.5 Å². The van der Waals surface area contributed by atoms with Crippen LogP contribution in [0.2, 0.25) is 0 Å². The Labute approximate surface area is 178 Å². The number of hydrogen-bond acceptors (Lipinski definition) is 7. The smallest absolute Gasteiger partial charge is 0.323 e. The predicted octanol–water partition coefficient (Wildman–Crippen LogP) is 4.39. The third-order valence-electron chi connectivity index (χ3n) is 4.50. The summed E-state index contributed by atoms with van der Waals surface area (Å²) in [5.41, 5.74) is 9.24. The Morgan fingerprint density at radius 1 is 1.07 bits per heavy atom. The molecule has 3 rings (SSSR count). The number of aromatic nitrogens is 1. The molecule has 0 radical (unpaired) electrons. The highest BCUT2D eigenvalue weighted by Gasteiger charge is 2.28. The lowest BCUT2D eigenvalue weighted by atomic mass is 9.96. The standard InChI is InChI=1S/C23H18N4O2S/c1-14-8-10-15(11-9-14)19-17(12-24)21(26)27-22(18(19)13-25)30-20(23(28)29-2)16-6-4-3-5-7-16/h3-11,20H,1-2H3,(H2,26,27). The first-order valence-corrected chi connectivity index (χ1v) is 9.88. The third-order valence-corrected chi connectivity index (χ3v) is 5.72. The number of nitrogens with two attached hydrogens (primary N) is 1. The van der Waals surface area contributed by atoms with Gasteiger partial charge in [-0.25, -0.2) is 4.98 Å². The topological polar surface area (TPSA) is 113 Å². The van der Waals surface area contributed by atoms with E-state index in [0.717, 1.165) is 17.3 Å². The van der Waals surface area contributed by atoms with E-state index in [4.69, 9.17) is 10.5 Å². The Kier molecular flexibility index (Phi) is 6.36. The molecule has 0 saturated heterocycles. The highest BCUT2D eigenvalue weighted by Crippen LogP contribution is 2.41. The van der Waals surface area contributed by atoms with E-state index in [2.05, 4.69) is 17.1 Å². The summed E-state index contributed by atoms with van der Waals surface area (Å²) in [5.74, 6) is -0.469. The molecule has 0 bridgehead atoms. The SMILES string of the molecule is COC(=O)C(Sc1nc(N)c(C#N)c(-c2ccc(C)cc2)c1C#N)c1ccccc1. The second kappa shape index (κ2) is 9.13. The quantitative estimate of drug-likeness (QED) is 0.486. The Morgan fingerprint density at radius 2 is 1.70 bits per heavy atom. The van der Waals surface area contributed by atoms with Gasteiger partial charge >= 0.3 is 5.97 Å². The Balaban J connectivity index is 2.20. The molecule has 0 saturated carbocycles. The van der Waals surface area contributed by atoms with Gasteiger partial charge in [-0.2, -0.15) is 10.5 Å². The second-order valence-corrected chi connectivity index (χ2v) is 7.54. The summed E-state index contributed by atoms with van der Waals surface area (Å²) < 4.78 is 4.96. The fourth-order valence-electron chi connectivity index (χ4n) is 2.99. The summed E-state index contributed by atoms with van der Waals surface area (Å²) in [6.45, 7) is 1.95. The molecule has 148 valence electrons. The van der Waals surface area contributed by atoms with Gasteiger partial charge in [-0.15, -0.1) is 0 Å². The van der Waals surface area contributed by atoms with Crippen LogP contribution in [-0.4, -0.2) is 18.1 Å². The molecule has 2 N–H and O–H groups in total.